The fourth-order valence-electron chi connectivity index (χ4n) is 3.38. The number of hydrogen-bond donors (Lipinski definition) is 3. The molecule has 0 aliphatic heterocycles. The van der Waals surface area contributed by atoms with E-state index in [4.69, 9.17) is 15.9 Å². The SMILES string of the molecule is Cc1ccc(N(C(=O)c2snc(C(N)=O)c2N)[C@H](C(=O)NCCC(C)C)c2ccc(C)o2)cc1. The number of primary amides is 1. The lowest BCUT2D eigenvalue weighted by molar-refractivity contribution is -0.122. The van der Waals surface area contributed by atoms with Gasteiger partial charge in [0, 0.05) is 12.2 Å². The third-order valence-corrected chi connectivity index (χ3v) is 6.10. The molecule has 2 heterocycles. The Hall–Kier alpha value is -3.66. The maximum atomic E-state index is 13.8. The van der Waals surface area contributed by atoms with Crippen LogP contribution in [0.5, 0.6) is 0 Å². The number of furan rings is 1. The second-order valence-electron chi connectivity index (χ2n) is 8.47. The van der Waals surface area contributed by atoms with E-state index in [9.17, 15) is 14.4 Å². The minimum Gasteiger partial charge on any atom is -0.464 e. The number of carbonyl (C=O) groups excluding carboxylic acids is 3. The van der Waals surface area contributed by atoms with Crippen LogP contribution in [0.2, 0.25) is 0 Å². The summed E-state index contributed by atoms with van der Waals surface area (Å²) in [6.45, 7) is 8.24. The van der Waals surface area contributed by atoms with Crippen LogP contribution in [0, 0.1) is 19.8 Å². The summed E-state index contributed by atoms with van der Waals surface area (Å²) in [6, 6.07) is 9.43. The van der Waals surface area contributed by atoms with Crippen molar-refractivity contribution in [2.45, 2.75) is 40.2 Å². The summed E-state index contributed by atoms with van der Waals surface area (Å²) < 4.78 is 9.75. The minimum absolute atomic E-state index is 0.0117. The Balaban J connectivity index is 2.12. The number of amides is 3. The van der Waals surface area contributed by atoms with Crippen LogP contribution in [0.25, 0.3) is 0 Å². The van der Waals surface area contributed by atoms with Gasteiger partial charge in [0.25, 0.3) is 17.7 Å². The van der Waals surface area contributed by atoms with Crippen LogP contribution >= 0.6 is 11.5 Å². The van der Waals surface area contributed by atoms with Gasteiger partial charge in [-0.1, -0.05) is 31.5 Å². The lowest BCUT2D eigenvalue weighted by Gasteiger charge is -2.30. The summed E-state index contributed by atoms with van der Waals surface area (Å²) in [5, 5.41) is 2.92. The molecule has 0 unspecified atom stereocenters. The van der Waals surface area contributed by atoms with Gasteiger partial charge in [0.05, 0.1) is 5.69 Å². The van der Waals surface area contributed by atoms with Gasteiger partial charge in [-0.05, 0) is 62.0 Å². The predicted molar refractivity (Wildman–Crippen MR) is 132 cm³/mol. The first-order chi connectivity index (χ1) is 16.1. The van der Waals surface area contributed by atoms with Gasteiger partial charge < -0.3 is 21.2 Å². The fourth-order valence-corrected chi connectivity index (χ4v) is 4.12. The van der Waals surface area contributed by atoms with Gasteiger partial charge in [-0.15, -0.1) is 0 Å². The quantitative estimate of drug-likeness (QED) is 0.424. The molecular weight excluding hydrogens is 454 g/mol. The van der Waals surface area contributed by atoms with Gasteiger partial charge in [0.15, 0.2) is 11.7 Å². The number of nitrogens with one attached hydrogen (secondary N) is 1. The summed E-state index contributed by atoms with van der Waals surface area (Å²) in [5.41, 5.74) is 12.5. The molecule has 1 aromatic carbocycles. The van der Waals surface area contributed by atoms with Crippen molar-refractivity contribution in [2.75, 3.05) is 17.2 Å². The van der Waals surface area contributed by atoms with Crippen LogP contribution in [0.1, 0.15) is 63.6 Å². The van der Waals surface area contributed by atoms with Crippen LogP contribution in [0.3, 0.4) is 0 Å². The molecule has 1 atom stereocenters. The van der Waals surface area contributed by atoms with Gasteiger partial charge in [-0.2, -0.15) is 4.37 Å². The third-order valence-electron chi connectivity index (χ3n) is 5.24. The Morgan fingerprint density at radius 2 is 1.79 bits per heavy atom. The Kier molecular flexibility index (Phi) is 7.72. The van der Waals surface area contributed by atoms with E-state index in [-0.39, 0.29) is 16.3 Å². The highest BCUT2D eigenvalue weighted by Gasteiger charge is 2.37. The molecule has 2 aromatic heterocycles. The molecular formula is C24H29N5O4S. The Morgan fingerprint density at radius 1 is 1.12 bits per heavy atom. The van der Waals surface area contributed by atoms with Crippen molar-refractivity contribution in [2.24, 2.45) is 11.7 Å². The minimum atomic E-state index is -1.12. The Morgan fingerprint density at radius 3 is 2.32 bits per heavy atom. The first kappa shape index (κ1) is 25.0. The molecule has 0 aliphatic carbocycles. The van der Waals surface area contributed by atoms with E-state index < -0.39 is 23.8 Å². The van der Waals surface area contributed by atoms with Crippen LogP contribution < -0.4 is 21.7 Å². The summed E-state index contributed by atoms with van der Waals surface area (Å²) in [6.07, 6.45) is 0.776. The number of aryl methyl sites for hydroxylation is 2. The second kappa shape index (κ2) is 10.5. The highest BCUT2D eigenvalue weighted by atomic mass is 32.1. The molecule has 10 heteroatoms. The van der Waals surface area contributed by atoms with Crippen molar-refractivity contribution in [3.8, 4) is 0 Å². The van der Waals surface area contributed by atoms with Gasteiger partial charge in [-0.3, -0.25) is 19.3 Å². The molecule has 9 nitrogen and oxygen atoms in total. The Labute approximate surface area is 202 Å². The van der Waals surface area contributed by atoms with Gasteiger partial charge in [0.1, 0.15) is 16.4 Å². The molecule has 0 fully saturated rings. The zero-order valence-electron chi connectivity index (χ0n) is 19.6. The molecule has 5 N–H and O–H groups in total. The molecule has 0 aliphatic rings. The van der Waals surface area contributed by atoms with Crippen molar-refractivity contribution >= 4 is 40.6 Å². The van der Waals surface area contributed by atoms with E-state index in [1.54, 1.807) is 31.2 Å². The number of carbonyl (C=O) groups is 3. The first-order valence-electron chi connectivity index (χ1n) is 10.9. The maximum Gasteiger partial charge on any atom is 0.273 e. The van der Waals surface area contributed by atoms with Crippen molar-refractivity contribution in [1.29, 1.82) is 0 Å². The number of anilines is 2. The van der Waals surface area contributed by atoms with Crippen molar-refractivity contribution in [3.63, 3.8) is 0 Å². The molecule has 34 heavy (non-hydrogen) atoms. The molecule has 0 spiro atoms. The average molecular weight is 484 g/mol. The van der Waals surface area contributed by atoms with Crippen LogP contribution in [-0.2, 0) is 4.79 Å². The molecule has 0 saturated heterocycles. The van der Waals surface area contributed by atoms with E-state index >= 15 is 0 Å². The molecule has 0 radical (unpaired) electrons. The van der Waals surface area contributed by atoms with Gasteiger partial charge in [0.2, 0.25) is 0 Å². The van der Waals surface area contributed by atoms with E-state index in [1.807, 2.05) is 19.1 Å². The largest absolute Gasteiger partial charge is 0.464 e. The molecule has 0 bridgehead atoms. The van der Waals surface area contributed by atoms with E-state index in [0.29, 0.717) is 29.7 Å². The fraction of sp³-hybridized carbons (Fsp3) is 0.333. The number of rotatable bonds is 9. The van der Waals surface area contributed by atoms with E-state index in [1.165, 1.54) is 4.90 Å². The summed E-state index contributed by atoms with van der Waals surface area (Å²) in [4.78, 5) is 40.3. The number of aromatic nitrogens is 1. The average Bonchev–Trinajstić information content (AvgIpc) is 3.37. The van der Waals surface area contributed by atoms with Gasteiger partial charge in [-0.25, -0.2) is 0 Å². The summed E-state index contributed by atoms with van der Waals surface area (Å²) >= 11 is 0.761. The summed E-state index contributed by atoms with van der Waals surface area (Å²) in [5.74, 6) is -0.541. The number of hydrogen-bond acceptors (Lipinski definition) is 7. The highest BCUT2D eigenvalue weighted by Crippen LogP contribution is 2.34. The normalized spacial score (nSPS) is 11.9. The maximum absolute atomic E-state index is 13.8. The second-order valence-corrected chi connectivity index (χ2v) is 9.25. The van der Waals surface area contributed by atoms with E-state index in [2.05, 4.69) is 23.5 Å². The molecule has 3 aromatic rings. The summed E-state index contributed by atoms with van der Waals surface area (Å²) in [7, 11) is 0. The zero-order chi connectivity index (χ0) is 25.0. The van der Waals surface area contributed by atoms with Crippen molar-refractivity contribution in [1.82, 2.24) is 9.69 Å². The highest BCUT2D eigenvalue weighted by molar-refractivity contribution is 7.09. The smallest absolute Gasteiger partial charge is 0.273 e. The first-order valence-corrected chi connectivity index (χ1v) is 11.7. The molecule has 180 valence electrons. The third kappa shape index (κ3) is 5.45. The monoisotopic (exact) mass is 483 g/mol. The lowest BCUT2D eigenvalue weighted by Crippen LogP contribution is -2.44. The number of nitrogen functional groups attached to an aromatic ring is 1. The number of nitrogens with two attached hydrogens (primary N) is 2. The van der Waals surface area contributed by atoms with Crippen molar-refractivity contribution < 1.29 is 18.8 Å². The molecule has 3 amide bonds. The zero-order valence-corrected chi connectivity index (χ0v) is 20.4. The number of nitrogens with zero attached hydrogens (tertiary/aromatic N) is 2. The predicted octanol–water partition coefficient (Wildman–Crippen LogP) is 3.58. The van der Waals surface area contributed by atoms with E-state index in [0.717, 1.165) is 23.5 Å². The standard InChI is InChI=1S/C24H29N5O4S/c1-13(2)11-12-27-23(31)20(17-10-7-15(4)33-17)29(16-8-5-14(3)6-9-16)24(32)21-18(25)19(22(26)30)28-34-21/h5-10,13,20H,11-12,25H2,1-4H3,(H2,26,30)(H,27,31)/t20-/m0/s1. The topological polar surface area (TPSA) is 145 Å². The van der Waals surface area contributed by atoms with Crippen molar-refractivity contribution in [3.05, 3.63) is 64.1 Å². The van der Waals surface area contributed by atoms with Gasteiger partial charge >= 0.3 is 0 Å². The molecule has 3 rings (SSSR count). The number of benzene rings is 1. The van der Waals surface area contributed by atoms with Crippen LogP contribution in [0.15, 0.2) is 40.8 Å². The van der Waals surface area contributed by atoms with Crippen LogP contribution in [0.4, 0.5) is 11.4 Å². The lowest BCUT2D eigenvalue weighted by atomic mass is 10.1. The van der Waals surface area contributed by atoms with Crippen LogP contribution in [-0.4, -0.2) is 28.6 Å². The Bertz CT molecular complexity index is 1180. The molecule has 0 saturated carbocycles.